The van der Waals surface area contributed by atoms with Gasteiger partial charge in [-0.25, -0.2) is 9.98 Å². The van der Waals surface area contributed by atoms with Crippen molar-refractivity contribution in [2.75, 3.05) is 5.32 Å². The second kappa shape index (κ2) is 16.1. The summed E-state index contributed by atoms with van der Waals surface area (Å²) in [6.07, 6.45) is 6.24. The van der Waals surface area contributed by atoms with Crippen LogP contribution in [0.25, 0.3) is 22.3 Å². The van der Waals surface area contributed by atoms with E-state index in [2.05, 4.69) is 140 Å². The monoisotopic (exact) mass is 759 g/mol. The second-order valence-corrected chi connectivity index (χ2v) is 15.1. The molecule has 0 saturated heterocycles. The van der Waals surface area contributed by atoms with Gasteiger partial charge in [0, 0.05) is 34.3 Å². The number of benzene rings is 7. The highest BCUT2D eigenvalue weighted by Crippen LogP contribution is 2.57. The lowest BCUT2D eigenvalue weighted by atomic mass is 9.67. The fourth-order valence-electron chi connectivity index (χ4n) is 8.61. The summed E-state index contributed by atoms with van der Waals surface area (Å²) < 4.78 is 0. The van der Waals surface area contributed by atoms with E-state index in [1.165, 1.54) is 33.4 Å². The van der Waals surface area contributed by atoms with E-state index < -0.39 is 5.41 Å². The molecule has 1 unspecified atom stereocenters. The first-order chi connectivity index (χ1) is 29.0. The topological polar surface area (TPSA) is 84.4 Å². The normalized spacial score (nSPS) is 15.4. The lowest BCUT2D eigenvalue weighted by Gasteiger charge is -2.34. The first kappa shape index (κ1) is 36.9. The Balaban J connectivity index is 1.16. The van der Waals surface area contributed by atoms with Crippen molar-refractivity contribution >= 4 is 29.3 Å². The number of allylic oxidation sites excluding steroid dienone is 3. The molecule has 0 spiro atoms. The molecule has 5 heteroatoms. The summed E-state index contributed by atoms with van der Waals surface area (Å²) >= 11 is 0. The highest BCUT2D eigenvalue weighted by atomic mass is 15.0. The van der Waals surface area contributed by atoms with Gasteiger partial charge in [-0.05, 0) is 92.8 Å². The van der Waals surface area contributed by atoms with Crippen LogP contribution in [0.1, 0.15) is 46.7 Å². The Labute approximate surface area is 345 Å². The van der Waals surface area contributed by atoms with Crippen molar-refractivity contribution in [1.82, 2.24) is 0 Å². The molecule has 5 nitrogen and oxygen atoms in total. The van der Waals surface area contributed by atoms with Crippen molar-refractivity contribution in [2.45, 2.75) is 18.8 Å². The van der Waals surface area contributed by atoms with Gasteiger partial charge < -0.3 is 5.32 Å². The van der Waals surface area contributed by atoms with Crippen LogP contribution in [0.3, 0.4) is 0 Å². The van der Waals surface area contributed by atoms with E-state index in [1.54, 1.807) is 6.21 Å². The van der Waals surface area contributed by atoms with Gasteiger partial charge in [0.05, 0.1) is 11.5 Å². The second-order valence-electron chi connectivity index (χ2n) is 15.1. The molecule has 1 atom stereocenters. The zero-order chi connectivity index (χ0) is 40.2. The Bertz CT molecular complexity index is 2810. The van der Waals surface area contributed by atoms with Crippen molar-refractivity contribution in [3.8, 4) is 28.3 Å². The molecule has 2 aliphatic carbocycles. The number of nitrogens with zero attached hydrogens (tertiary/aromatic N) is 3. The molecule has 282 valence electrons. The molecule has 0 radical (unpaired) electrons. The highest BCUT2D eigenvalue weighted by molar-refractivity contribution is 6.13. The standard InChI is InChI=1S/C54H41N5/c1-37-29-39(35-55)31-42(30-37)53(57-36-38-17-6-2-7-18-38)59-52(56)41-21-16-26-45(32-41)58-51-34-50-48(33-47(51)40-19-8-3-9-20-40)46-27-14-15-28-49(46)54(50,43-22-10-4-11-23-43)44-24-12-5-13-25-44/h2-29,31-34,36-37,56,58H,30H2,1H3/b56-52?,57-36+,59-53-. The molecule has 59 heavy (non-hydrogen) atoms. The molecule has 0 aliphatic heterocycles. The number of hydrogen-bond acceptors (Lipinski definition) is 3. The molecule has 2 N–H and O–H groups in total. The number of rotatable bonds is 8. The summed E-state index contributed by atoms with van der Waals surface area (Å²) in [6, 6.07) is 65.6. The van der Waals surface area contributed by atoms with Crippen molar-refractivity contribution in [2.24, 2.45) is 15.9 Å². The van der Waals surface area contributed by atoms with Gasteiger partial charge in [0.15, 0.2) is 11.7 Å². The summed E-state index contributed by atoms with van der Waals surface area (Å²) in [6.45, 7) is 2.08. The number of nitriles is 1. The molecule has 2 aliphatic rings. The first-order valence-corrected chi connectivity index (χ1v) is 19.9. The van der Waals surface area contributed by atoms with Crippen LogP contribution < -0.4 is 5.32 Å². The Morgan fingerprint density at radius 3 is 2.03 bits per heavy atom. The predicted octanol–water partition coefficient (Wildman–Crippen LogP) is 12.7. The molecule has 0 bridgehead atoms. The van der Waals surface area contributed by atoms with E-state index in [0.717, 1.165) is 33.6 Å². The maximum Gasteiger partial charge on any atom is 0.157 e. The van der Waals surface area contributed by atoms with Gasteiger partial charge in [0.1, 0.15) is 0 Å². The SMILES string of the molecule is CC1C=C(C#N)C=C(C(=N/C(=N)c2cccc(Nc3cc4c(cc3-c3ccccc3)-c3ccccc3C4(c3ccccc3)c3ccccc3)c2)/N=C/c2ccccc2)C1. The highest BCUT2D eigenvalue weighted by Gasteiger charge is 2.46. The lowest BCUT2D eigenvalue weighted by Crippen LogP contribution is -2.28. The van der Waals surface area contributed by atoms with Crippen LogP contribution in [0.5, 0.6) is 0 Å². The Kier molecular flexibility index (Phi) is 10.0. The average molecular weight is 760 g/mol. The lowest BCUT2D eigenvalue weighted by molar-refractivity contribution is 0.718. The average Bonchev–Trinajstić information content (AvgIpc) is 3.58. The fraction of sp³-hybridized carbons (Fsp3) is 0.0741. The van der Waals surface area contributed by atoms with E-state index in [4.69, 9.17) is 9.98 Å². The molecular formula is C54H41N5. The van der Waals surface area contributed by atoms with Gasteiger partial charge in [-0.15, -0.1) is 0 Å². The minimum absolute atomic E-state index is 0.0790. The molecule has 0 fully saturated rings. The van der Waals surface area contributed by atoms with Crippen molar-refractivity contribution in [3.05, 3.63) is 239 Å². The van der Waals surface area contributed by atoms with Crippen molar-refractivity contribution < 1.29 is 0 Å². The van der Waals surface area contributed by atoms with Gasteiger partial charge in [0.25, 0.3) is 0 Å². The molecule has 0 heterocycles. The van der Waals surface area contributed by atoms with E-state index in [-0.39, 0.29) is 11.8 Å². The summed E-state index contributed by atoms with van der Waals surface area (Å²) in [5, 5.41) is 22.9. The van der Waals surface area contributed by atoms with Crippen LogP contribution in [0.2, 0.25) is 0 Å². The van der Waals surface area contributed by atoms with E-state index in [1.807, 2.05) is 72.8 Å². The molecule has 0 saturated carbocycles. The number of anilines is 2. The third kappa shape index (κ3) is 7.14. The maximum absolute atomic E-state index is 9.77. The predicted molar refractivity (Wildman–Crippen MR) is 243 cm³/mol. The first-order valence-electron chi connectivity index (χ1n) is 19.9. The zero-order valence-electron chi connectivity index (χ0n) is 32.7. The summed E-state index contributed by atoms with van der Waals surface area (Å²) in [5.41, 5.74) is 13.7. The minimum Gasteiger partial charge on any atom is -0.355 e. The molecular weight excluding hydrogens is 719 g/mol. The van der Waals surface area contributed by atoms with Crippen molar-refractivity contribution in [3.63, 3.8) is 0 Å². The third-order valence-corrected chi connectivity index (χ3v) is 11.2. The Morgan fingerprint density at radius 1 is 0.695 bits per heavy atom. The summed E-state index contributed by atoms with van der Waals surface area (Å²) in [7, 11) is 0. The summed E-state index contributed by atoms with van der Waals surface area (Å²) in [5.74, 6) is 0.646. The van der Waals surface area contributed by atoms with Gasteiger partial charge in [-0.2, -0.15) is 5.26 Å². The van der Waals surface area contributed by atoms with Gasteiger partial charge in [0.2, 0.25) is 0 Å². The Morgan fingerprint density at radius 2 is 1.34 bits per heavy atom. The van der Waals surface area contributed by atoms with Crippen LogP contribution in [0.15, 0.2) is 215 Å². The van der Waals surface area contributed by atoms with Crippen LogP contribution in [-0.2, 0) is 5.41 Å². The van der Waals surface area contributed by atoms with Crippen LogP contribution in [-0.4, -0.2) is 17.9 Å². The van der Waals surface area contributed by atoms with Gasteiger partial charge in [-0.1, -0.05) is 171 Å². The number of nitrogens with one attached hydrogen (secondary N) is 2. The minimum atomic E-state index is -0.554. The smallest absolute Gasteiger partial charge is 0.157 e. The maximum atomic E-state index is 9.77. The van der Waals surface area contributed by atoms with Crippen LogP contribution in [0, 0.1) is 22.7 Å². The van der Waals surface area contributed by atoms with Crippen LogP contribution >= 0.6 is 0 Å². The van der Waals surface area contributed by atoms with E-state index in [9.17, 15) is 10.7 Å². The molecule has 0 amide bonds. The third-order valence-electron chi connectivity index (χ3n) is 11.2. The van der Waals surface area contributed by atoms with Gasteiger partial charge >= 0.3 is 0 Å². The summed E-state index contributed by atoms with van der Waals surface area (Å²) in [4.78, 5) is 9.63. The largest absolute Gasteiger partial charge is 0.355 e. The Hall–Kier alpha value is -7.68. The van der Waals surface area contributed by atoms with E-state index >= 15 is 0 Å². The van der Waals surface area contributed by atoms with E-state index in [0.29, 0.717) is 23.4 Å². The van der Waals surface area contributed by atoms with Crippen molar-refractivity contribution in [1.29, 1.82) is 10.7 Å². The zero-order valence-corrected chi connectivity index (χ0v) is 32.7. The molecule has 7 aromatic rings. The van der Waals surface area contributed by atoms with Crippen LogP contribution in [0.4, 0.5) is 11.4 Å². The molecule has 7 aromatic carbocycles. The number of fused-ring (bicyclic) bond motifs is 3. The number of amidine groups is 2. The number of aliphatic imine (C=N–C) groups is 2. The van der Waals surface area contributed by atoms with Gasteiger partial charge in [-0.3, -0.25) is 5.41 Å². The molecule has 9 rings (SSSR count). The molecule has 0 aromatic heterocycles. The quantitative estimate of drug-likeness (QED) is 0.119. The number of hydrogen-bond donors (Lipinski definition) is 2. The fourth-order valence-corrected chi connectivity index (χ4v) is 8.61.